The van der Waals surface area contributed by atoms with E-state index in [2.05, 4.69) is 15.6 Å². The molecule has 2 amide bonds. The van der Waals surface area contributed by atoms with Crippen LogP contribution < -0.4 is 16.3 Å². The van der Waals surface area contributed by atoms with Gasteiger partial charge in [-0.25, -0.2) is 9.59 Å². The summed E-state index contributed by atoms with van der Waals surface area (Å²) in [5, 5.41) is 14.1. The number of fused-ring (bicyclic) bond motifs is 1. The average Bonchev–Trinajstić information content (AvgIpc) is 3.33. The molecule has 2 fully saturated rings. The topological polar surface area (TPSA) is 141 Å². The second-order valence-electron chi connectivity index (χ2n) is 7.43. The summed E-state index contributed by atoms with van der Waals surface area (Å²) in [4.78, 5) is 39.3. The first kappa shape index (κ1) is 21.9. The van der Waals surface area contributed by atoms with E-state index in [4.69, 9.17) is 19.3 Å². The van der Waals surface area contributed by atoms with Crippen molar-refractivity contribution < 1.29 is 28.9 Å². The third-order valence-electron chi connectivity index (χ3n) is 5.24. The number of urea groups is 1. The number of anilines is 1. The Bertz CT molecular complexity index is 1030. The number of aromatic nitrogens is 2. The van der Waals surface area contributed by atoms with Crippen molar-refractivity contribution >= 4 is 17.8 Å². The Kier molecular flexibility index (Phi) is 6.49. The molecule has 1 unspecified atom stereocenters. The number of carbonyl (C=O) groups excluding carboxylic acids is 1. The first-order valence-corrected chi connectivity index (χ1v) is 10.3. The third kappa shape index (κ3) is 4.64. The van der Waals surface area contributed by atoms with Gasteiger partial charge < -0.3 is 24.6 Å². The van der Waals surface area contributed by atoms with Gasteiger partial charge in [-0.3, -0.25) is 14.7 Å². The van der Waals surface area contributed by atoms with Crippen LogP contribution in [0.15, 0.2) is 47.4 Å². The molecule has 0 aliphatic carbocycles. The highest BCUT2D eigenvalue weighted by Crippen LogP contribution is 2.44. The second kappa shape index (κ2) is 9.47. The van der Waals surface area contributed by atoms with Gasteiger partial charge in [0.1, 0.15) is 18.0 Å². The summed E-state index contributed by atoms with van der Waals surface area (Å²) in [5.41, 5.74) is 0.165. The predicted molar refractivity (Wildman–Crippen MR) is 111 cm³/mol. The number of benzene rings is 1. The number of ether oxygens (including phenoxy) is 3. The van der Waals surface area contributed by atoms with Crippen LogP contribution in [-0.4, -0.2) is 51.5 Å². The highest BCUT2D eigenvalue weighted by atomic mass is 16.8. The quantitative estimate of drug-likeness (QED) is 0.585. The fourth-order valence-corrected chi connectivity index (χ4v) is 3.82. The van der Waals surface area contributed by atoms with Crippen LogP contribution in [0.4, 0.5) is 10.6 Å². The predicted octanol–water partition coefficient (Wildman–Crippen LogP) is 1.63. The monoisotopic (exact) mass is 444 g/mol. The number of rotatable bonds is 7. The molecule has 2 aliphatic heterocycles. The van der Waals surface area contributed by atoms with Gasteiger partial charge in [0.25, 0.3) is 0 Å². The maximum atomic E-state index is 12.7. The molecule has 0 spiro atoms. The van der Waals surface area contributed by atoms with Crippen molar-refractivity contribution in [3.05, 3.63) is 58.6 Å². The van der Waals surface area contributed by atoms with E-state index >= 15 is 0 Å². The molecule has 3 N–H and O–H groups in total. The van der Waals surface area contributed by atoms with Gasteiger partial charge in [0.15, 0.2) is 12.5 Å². The normalized spacial score (nSPS) is 26.5. The first-order valence-electron chi connectivity index (χ1n) is 10.3. The lowest BCUT2D eigenvalue weighted by molar-refractivity contribution is -0.152. The highest BCUT2D eigenvalue weighted by Gasteiger charge is 2.53. The van der Waals surface area contributed by atoms with Crippen LogP contribution in [0.5, 0.6) is 0 Å². The zero-order valence-corrected chi connectivity index (χ0v) is 17.3. The van der Waals surface area contributed by atoms with Crippen LogP contribution in [-0.2, 0) is 19.0 Å². The van der Waals surface area contributed by atoms with Crippen LogP contribution >= 0.6 is 0 Å². The zero-order valence-electron chi connectivity index (χ0n) is 17.3. The average molecular weight is 444 g/mol. The van der Waals surface area contributed by atoms with Gasteiger partial charge in [0.05, 0.1) is 6.10 Å². The van der Waals surface area contributed by atoms with Crippen molar-refractivity contribution in [1.29, 1.82) is 0 Å². The van der Waals surface area contributed by atoms with E-state index in [1.54, 1.807) is 6.92 Å². The van der Waals surface area contributed by atoms with Gasteiger partial charge in [-0.05, 0) is 19.4 Å². The molecule has 3 heterocycles. The van der Waals surface area contributed by atoms with E-state index in [1.807, 2.05) is 30.3 Å². The fraction of sp³-hybridized carbons (Fsp3) is 0.429. The second-order valence-corrected chi connectivity index (χ2v) is 7.43. The molecular weight excluding hydrogens is 420 g/mol. The van der Waals surface area contributed by atoms with Crippen molar-refractivity contribution in [2.45, 2.75) is 50.6 Å². The number of carbonyl (C=O) groups is 2. The van der Waals surface area contributed by atoms with Crippen LogP contribution in [0.1, 0.15) is 37.8 Å². The highest BCUT2D eigenvalue weighted by molar-refractivity contribution is 5.87. The number of hydrogen-bond acceptors (Lipinski definition) is 7. The molecule has 2 aromatic rings. The largest absolute Gasteiger partial charge is 0.481 e. The molecule has 4 rings (SSSR count). The third-order valence-corrected chi connectivity index (χ3v) is 5.24. The summed E-state index contributed by atoms with van der Waals surface area (Å²) < 4.78 is 19.4. The van der Waals surface area contributed by atoms with Gasteiger partial charge in [0.2, 0.25) is 0 Å². The van der Waals surface area contributed by atoms with Gasteiger partial charge in [-0.15, -0.1) is 0 Å². The lowest BCUT2D eigenvalue weighted by atomic mass is 10.1. The molecule has 0 bridgehead atoms. The number of nitrogens with zero attached hydrogens (tertiary/aromatic N) is 2. The molecular formula is C21H24N4O7. The van der Waals surface area contributed by atoms with Crippen molar-refractivity contribution in [1.82, 2.24) is 14.9 Å². The van der Waals surface area contributed by atoms with E-state index in [0.29, 0.717) is 6.54 Å². The molecule has 2 aliphatic rings. The van der Waals surface area contributed by atoms with Gasteiger partial charge >= 0.3 is 17.7 Å². The minimum absolute atomic E-state index is 0.0972. The summed E-state index contributed by atoms with van der Waals surface area (Å²) in [6, 6.07) is 10.3. The zero-order chi connectivity index (χ0) is 22.7. The SMILES string of the molecule is CCNC(=O)Nc1ccn([C@@H]2O[C@H](CCC(=O)O)C3O[C@H](c4ccccc4)O[C@@H]32)c(=O)n1. The van der Waals surface area contributed by atoms with Crippen molar-refractivity contribution in [3.63, 3.8) is 0 Å². The first-order chi connectivity index (χ1) is 15.5. The molecule has 11 heteroatoms. The van der Waals surface area contributed by atoms with E-state index < -0.39 is 48.5 Å². The number of carboxylic acids is 1. The Morgan fingerprint density at radius 2 is 1.88 bits per heavy atom. The molecule has 1 aromatic heterocycles. The number of carboxylic acid groups (broad SMARTS) is 1. The summed E-state index contributed by atoms with van der Waals surface area (Å²) in [6.45, 7) is 2.20. The van der Waals surface area contributed by atoms with Gasteiger partial charge in [-0.1, -0.05) is 30.3 Å². The fourth-order valence-electron chi connectivity index (χ4n) is 3.82. The van der Waals surface area contributed by atoms with Crippen LogP contribution in [0.25, 0.3) is 0 Å². The van der Waals surface area contributed by atoms with Gasteiger partial charge in [-0.2, -0.15) is 4.98 Å². The number of hydrogen-bond donors (Lipinski definition) is 3. The smallest absolute Gasteiger partial charge is 0.351 e. The Labute approximate surface area is 183 Å². The summed E-state index contributed by atoms with van der Waals surface area (Å²) in [7, 11) is 0. The summed E-state index contributed by atoms with van der Waals surface area (Å²) >= 11 is 0. The van der Waals surface area contributed by atoms with Gasteiger partial charge in [0, 0.05) is 24.7 Å². The summed E-state index contributed by atoms with van der Waals surface area (Å²) in [5.74, 6) is -0.855. The molecule has 0 saturated carbocycles. The number of nitrogens with one attached hydrogen (secondary N) is 2. The minimum Gasteiger partial charge on any atom is -0.481 e. The minimum atomic E-state index is -0.952. The van der Waals surface area contributed by atoms with Crippen molar-refractivity contribution in [2.24, 2.45) is 0 Å². The van der Waals surface area contributed by atoms with Crippen molar-refractivity contribution in [2.75, 3.05) is 11.9 Å². The number of aliphatic carboxylic acids is 1. The maximum absolute atomic E-state index is 12.7. The standard InChI is InChI=1S/C21H24N4O7/c1-2-22-20(28)23-14-10-11-25(21(29)24-14)18-17-16(13(30-18)8-9-15(26)27)31-19(32-17)12-6-4-3-5-7-12/h3-7,10-11,13,16-19H,2,8-9H2,1H3,(H,26,27)(H2,22,23,24,28,29)/t13-,16?,17+,18-,19+/m1/s1. The Morgan fingerprint density at radius 3 is 2.56 bits per heavy atom. The Morgan fingerprint density at radius 1 is 1.12 bits per heavy atom. The van der Waals surface area contributed by atoms with Crippen LogP contribution in [0.2, 0.25) is 0 Å². The Hall–Kier alpha value is -3.28. The Balaban J connectivity index is 1.57. The molecule has 1 aromatic carbocycles. The van der Waals surface area contributed by atoms with E-state index in [1.165, 1.54) is 16.8 Å². The van der Waals surface area contributed by atoms with E-state index in [0.717, 1.165) is 5.56 Å². The molecule has 170 valence electrons. The maximum Gasteiger partial charge on any atom is 0.351 e. The van der Waals surface area contributed by atoms with Crippen LogP contribution in [0, 0.1) is 0 Å². The van der Waals surface area contributed by atoms with Crippen LogP contribution in [0.3, 0.4) is 0 Å². The molecule has 11 nitrogen and oxygen atoms in total. The molecule has 0 radical (unpaired) electrons. The van der Waals surface area contributed by atoms with E-state index in [9.17, 15) is 14.4 Å². The number of amides is 2. The molecule has 5 atom stereocenters. The van der Waals surface area contributed by atoms with E-state index in [-0.39, 0.29) is 18.7 Å². The lowest BCUT2D eigenvalue weighted by Crippen LogP contribution is -2.35. The van der Waals surface area contributed by atoms with Crippen molar-refractivity contribution in [3.8, 4) is 0 Å². The lowest BCUT2D eigenvalue weighted by Gasteiger charge is -2.21. The summed E-state index contributed by atoms with van der Waals surface area (Å²) in [6.07, 6.45) is -1.73. The molecule has 2 saturated heterocycles. The molecule has 32 heavy (non-hydrogen) atoms.